The molecule has 10 nitrogen and oxygen atoms in total. The van der Waals surface area contributed by atoms with Crippen LogP contribution in [0, 0.1) is 0 Å². The number of hydrogen-bond acceptors (Lipinski definition) is 10. The maximum absolute atomic E-state index is 12.7. The summed E-state index contributed by atoms with van der Waals surface area (Å²) < 4.78 is 5.41. The Hall–Kier alpha value is -4.03. The van der Waals surface area contributed by atoms with E-state index in [9.17, 15) is 14.4 Å². The molecule has 4 aromatic rings. The summed E-state index contributed by atoms with van der Waals surface area (Å²) in [6.07, 6.45) is 3.85. The molecular formula is C32H38N6O4S2. The molecule has 2 amide bonds. The van der Waals surface area contributed by atoms with E-state index >= 15 is 0 Å². The molecule has 4 rings (SSSR count). The highest BCUT2D eigenvalue weighted by Gasteiger charge is 2.20. The molecule has 0 spiro atoms. The summed E-state index contributed by atoms with van der Waals surface area (Å²) in [7, 11) is 1.69. The Labute approximate surface area is 265 Å². The zero-order valence-electron chi connectivity index (χ0n) is 25.5. The first-order valence-electron chi connectivity index (χ1n) is 14.5. The van der Waals surface area contributed by atoms with Crippen molar-refractivity contribution in [2.75, 3.05) is 12.4 Å². The van der Waals surface area contributed by atoms with Gasteiger partial charge in [-0.25, -0.2) is 4.79 Å². The Morgan fingerprint density at radius 2 is 1.41 bits per heavy atom. The molecule has 0 aliphatic rings. The van der Waals surface area contributed by atoms with Crippen molar-refractivity contribution in [3.05, 3.63) is 86.3 Å². The van der Waals surface area contributed by atoms with Crippen LogP contribution in [-0.2, 0) is 53.0 Å². The Bertz CT molecular complexity index is 1550. The fraction of sp³-hybridized carbons (Fsp3) is 0.406. The number of benzene rings is 2. The molecule has 44 heavy (non-hydrogen) atoms. The second-order valence-electron chi connectivity index (χ2n) is 11.6. The second-order valence-corrected chi connectivity index (χ2v) is 13.8. The lowest BCUT2D eigenvalue weighted by Gasteiger charge is -2.24. The molecule has 0 saturated heterocycles. The van der Waals surface area contributed by atoms with Crippen molar-refractivity contribution in [3.63, 3.8) is 0 Å². The summed E-state index contributed by atoms with van der Waals surface area (Å²) in [5.41, 5.74) is 2.19. The van der Waals surface area contributed by atoms with Crippen LogP contribution in [0.15, 0.2) is 54.6 Å². The molecule has 12 heteroatoms. The molecule has 0 atom stereocenters. The van der Waals surface area contributed by atoms with Gasteiger partial charge in [0.15, 0.2) is 0 Å². The Morgan fingerprint density at radius 3 is 2.14 bits per heavy atom. The normalized spacial score (nSPS) is 11.3. The van der Waals surface area contributed by atoms with Crippen LogP contribution < -0.4 is 5.32 Å². The number of rotatable bonds is 14. The van der Waals surface area contributed by atoms with Crippen LogP contribution >= 0.6 is 22.7 Å². The fourth-order valence-corrected chi connectivity index (χ4v) is 6.05. The van der Waals surface area contributed by atoms with Crippen molar-refractivity contribution in [1.82, 2.24) is 25.3 Å². The van der Waals surface area contributed by atoms with Crippen molar-refractivity contribution in [3.8, 4) is 0 Å². The Kier molecular flexibility index (Phi) is 11.7. The van der Waals surface area contributed by atoms with Crippen molar-refractivity contribution in [2.24, 2.45) is 0 Å². The first-order chi connectivity index (χ1) is 21.0. The number of hydrogen-bond donors (Lipinski definition) is 1. The number of Topliss-reactive ketones (excluding diaryl/α,β-unsaturated/α-hetero) is 1. The molecule has 1 N–H and O–H groups in total. The minimum atomic E-state index is -0.563. The van der Waals surface area contributed by atoms with Gasteiger partial charge < -0.3 is 15.0 Å². The minimum absolute atomic E-state index is 0.134. The first kappa shape index (κ1) is 32.9. The molecule has 0 bridgehead atoms. The van der Waals surface area contributed by atoms with E-state index in [1.807, 2.05) is 75.4 Å². The number of nitrogens with one attached hydrogen (secondary N) is 1. The largest absolute Gasteiger partial charge is 0.444 e. The van der Waals surface area contributed by atoms with Crippen LogP contribution in [0.5, 0.6) is 0 Å². The molecule has 0 saturated carbocycles. The number of unbranched alkanes of at least 4 members (excludes halogenated alkanes) is 1. The van der Waals surface area contributed by atoms with Gasteiger partial charge in [-0.3, -0.25) is 9.59 Å². The summed E-state index contributed by atoms with van der Waals surface area (Å²) in [5.74, 6) is -0.0469. The van der Waals surface area contributed by atoms with E-state index in [4.69, 9.17) is 4.74 Å². The van der Waals surface area contributed by atoms with E-state index in [1.54, 1.807) is 7.05 Å². The number of ketones is 1. The van der Waals surface area contributed by atoms with Gasteiger partial charge in [-0.05, 0) is 50.3 Å². The standard InChI is InChI=1S/C32H38N6O4S2/c1-32(2,3)42-31(41)38(4)21-24-14-10-13-23(17-24)19-26(40)33-30-37-35-28(44-30)16-9-8-15-27-34-36-29(43-27)20-25(39)18-22-11-6-5-7-12-22/h5-7,10-14,17H,8-9,15-16,18-21H2,1-4H3,(H,33,37,40). The van der Waals surface area contributed by atoms with E-state index in [0.717, 1.165) is 57.4 Å². The van der Waals surface area contributed by atoms with Crippen molar-refractivity contribution < 1.29 is 19.1 Å². The van der Waals surface area contributed by atoms with E-state index in [2.05, 4.69) is 25.7 Å². The fourth-order valence-electron chi connectivity index (χ4n) is 4.34. The zero-order chi connectivity index (χ0) is 31.5. The van der Waals surface area contributed by atoms with Gasteiger partial charge in [0.05, 0.1) is 12.8 Å². The third kappa shape index (κ3) is 11.2. The van der Waals surface area contributed by atoms with E-state index in [1.165, 1.54) is 27.6 Å². The lowest BCUT2D eigenvalue weighted by molar-refractivity contribution is -0.118. The van der Waals surface area contributed by atoms with Gasteiger partial charge >= 0.3 is 6.09 Å². The Balaban J connectivity index is 1.16. The summed E-state index contributed by atoms with van der Waals surface area (Å²) in [5, 5.41) is 22.7. The molecular weight excluding hydrogens is 597 g/mol. The molecule has 0 aliphatic heterocycles. The highest BCUT2D eigenvalue weighted by Crippen LogP contribution is 2.20. The molecule has 2 aromatic heterocycles. The summed E-state index contributed by atoms with van der Waals surface area (Å²) in [6, 6.07) is 17.3. The van der Waals surface area contributed by atoms with E-state index < -0.39 is 11.7 Å². The van der Waals surface area contributed by atoms with Crippen molar-refractivity contribution in [1.29, 1.82) is 0 Å². The zero-order valence-corrected chi connectivity index (χ0v) is 27.2. The van der Waals surface area contributed by atoms with Crippen molar-refractivity contribution >= 4 is 45.6 Å². The average Bonchev–Trinajstić information content (AvgIpc) is 3.59. The lowest BCUT2D eigenvalue weighted by atomic mass is 10.1. The van der Waals surface area contributed by atoms with Crippen LogP contribution in [0.2, 0.25) is 0 Å². The smallest absolute Gasteiger partial charge is 0.410 e. The number of ether oxygens (including phenoxy) is 1. The van der Waals surface area contributed by atoms with Gasteiger partial charge in [0.25, 0.3) is 0 Å². The van der Waals surface area contributed by atoms with Crippen LogP contribution in [0.1, 0.15) is 65.3 Å². The number of amides is 2. The monoisotopic (exact) mass is 634 g/mol. The quantitative estimate of drug-likeness (QED) is 0.171. The topological polar surface area (TPSA) is 127 Å². The number of aromatic nitrogens is 4. The van der Waals surface area contributed by atoms with Gasteiger partial charge in [-0.15, -0.1) is 31.7 Å². The van der Waals surface area contributed by atoms with Gasteiger partial charge in [-0.2, -0.15) is 0 Å². The summed E-state index contributed by atoms with van der Waals surface area (Å²) in [4.78, 5) is 38.8. The minimum Gasteiger partial charge on any atom is -0.444 e. The summed E-state index contributed by atoms with van der Waals surface area (Å²) >= 11 is 2.87. The van der Waals surface area contributed by atoms with Crippen LogP contribution in [0.25, 0.3) is 0 Å². The maximum Gasteiger partial charge on any atom is 0.410 e. The summed E-state index contributed by atoms with van der Waals surface area (Å²) in [6.45, 7) is 5.86. The predicted molar refractivity (Wildman–Crippen MR) is 172 cm³/mol. The molecule has 0 aliphatic carbocycles. The highest BCUT2D eigenvalue weighted by molar-refractivity contribution is 7.15. The van der Waals surface area contributed by atoms with Gasteiger partial charge in [-0.1, -0.05) is 65.9 Å². The number of aryl methyl sites for hydroxylation is 2. The van der Waals surface area contributed by atoms with Gasteiger partial charge in [0.1, 0.15) is 26.4 Å². The number of carbonyl (C=O) groups is 3. The molecule has 232 valence electrons. The van der Waals surface area contributed by atoms with Crippen LogP contribution in [0.4, 0.5) is 9.93 Å². The maximum atomic E-state index is 12.7. The van der Waals surface area contributed by atoms with E-state index in [0.29, 0.717) is 24.5 Å². The molecule has 0 radical (unpaired) electrons. The van der Waals surface area contributed by atoms with Gasteiger partial charge in [0.2, 0.25) is 11.0 Å². The third-order valence-electron chi connectivity index (χ3n) is 6.33. The molecule has 2 heterocycles. The third-order valence-corrected chi connectivity index (χ3v) is 8.21. The van der Waals surface area contributed by atoms with E-state index in [-0.39, 0.29) is 18.1 Å². The molecule has 0 fully saturated rings. The predicted octanol–water partition coefficient (Wildman–Crippen LogP) is 5.86. The number of anilines is 1. The number of carbonyl (C=O) groups excluding carboxylic acids is 3. The lowest BCUT2D eigenvalue weighted by Crippen LogP contribution is -2.33. The van der Waals surface area contributed by atoms with Gasteiger partial charge in [0, 0.05) is 32.9 Å². The number of nitrogens with zero attached hydrogens (tertiary/aromatic N) is 5. The SMILES string of the molecule is CN(Cc1cccc(CC(=O)Nc2nnc(CCCCc3nnc(CC(=O)Cc4ccccc4)s3)s2)c1)C(=O)OC(C)(C)C. The second kappa shape index (κ2) is 15.6. The molecule has 0 unspecified atom stereocenters. The van der Waals surface area contributed by atoms with Crippen LogP contribution in [-0.4, -0.2) is 55.7 Å². The first-order valence-corrected chi connectivity index (χ1v) is 16.2. The average molecular weight is 635 g/mol. The van der Waals surface area contributed by atoms with Crippen LogP contribution in [0.3, 0.4) is 0 Å². The van der Waals surface area contributed by atoms with Crippen molar-refractivity contribution in [2.45, 2.75) is 77.9 Å². The highest BCUT2D eigenvalue weighted by atomic mass is 32.1. The Morgan fingerprint density at radius 1 is 0.773 bits per heavy atom. The molecule has 2 aromatic carbocycles.